The van der Waals surface area contributed by atoms with Crippen LogP contribution in [0.25, 0.3) is 0 Å². The maximum Gasteiger partial charge on any atom is 0.339 e. The first-order valence-corrected chi connectivity index (χ1v) is 9.66. The SMILES string of the molecule is COc1cc(C(COCc2ccccc2)c2cccc(Br)c2)ccc1C(=O)O. The fourth-order valence-electron chi connectivity index (χ4n) is 3.08. The number of hydrogen-bond acceptors (Lipinski definition) is 3. The molecule has 0 aliphatic carbocycles. The molecule has 0 aliphatic heterocycles. The average molecular weight is 441 g/mol. The van der Waals surface area contributed by atoms with E-state index in [0.717, 1.165) is 21.2 Å². The Morgan fingerprint density at radius 1 is 1.00 bits per heavy atom. The van der Waals surface area contributed by atoms with Gasteiger partial charge < -0.3 is 14.6 Å². The molecule has 28 heavy (non-hydrogen) atoms. The molecule has 0 spiro atoms. The Balaban J connectivity index is 1.89. The quantitative estimate of drug-likeness (QED) is 0.501. The first-order valence-electron chi connectivity index (χ1n) is 8.87. The van der Waals surface area contributed by atoms with E-state index in [1.54, 1.807) is 12.1 Å². The van der Waals surface area contributed by atoms with Crippen molar-refractivity contribution < 1.29 is 19.4 Å². The lowest BCUT2D eigenvalue weighted by Gasteiger charge is -2.20. The molecule has 0 amide bonds. The summed E-state index contributed by atoms with van der Waals surface area (Å²) in [6, 6.07) is 23.2. The standard InChI is InChI=1S/C23H21BrO4/c1-27-22-13-18(10-11-20(22)23(25)26)21(17-8-5-9-19(24)12-17)15-28-14-16-6-3-2-4-7-16/h2-13,21H,14-15H2,1H3,(H,25,26). The minimum Gasteiger partial charge on any atom is -0.496 e. The highest BCUT2D eigenvalue weighted by molar-refractivity contribution is 9.10. The maximum atomic E-state index is 11.4. The van der Waals surface area contributed by atoms with Crippen molar-refractivity contribution >= 4 is 21.9 Å². The number of benzene rings is 3. The lowest BCUT2D eigenvalue weighted by molar-refractivity contribution is 0.0693. The van der Waals surface area contributed by atoms with Gasteiger partial charge in [0.2, 0.25) is 0 Å². The fraction of sp³-hybridized carbons (Fsp3) is 0.174. The van der Waals surface area contributed by atoms with Crippen LogP contribution in [0.4, 0.5) is 0 Å². The molecule has 1 atom stereocenters. The highest BCUT2D eigenvalue weighted by atomic mass is 79.9. The molecule has 0 saturated heterocycles. The van der Waals surface area contributed by atoms with E-state index in [1.807, 2.05) is 60.7 Å². The summed E-state index contributed by atoms with van der Waals surface area (Å²) in [5.74, 6) is -0.728. The van der Waals surface area contributed by atoms with Crippen LogP contribution in [0, 0.1) is 0 Å². The van der Waals surface area contributed by atoms with Crippen molar-refractivity contribution in [3.63, 3.8) is 0 Å². The molecule has 1 N–H and O–H groups in total. The van der Waals surface area contributed by atoms with Crippen LogP contribution in [0.5, 0.6) is 5.75 Å². The van der Waals surface area contributed by atoms with Gasteiger partial charge in [-0.05, 0) is 41.0 Å². The van der Waals surface area contributed by atoms with Gasteiger partial charge in [0, 0.05) is 10.4 Å². The van der Waals surface area contributed by atoms with Crippen molar-refractivity contribution in [3.05, 3.63) is 99.5 Å². The van der Waals surface area contributed by atoms with Crippen LogP contribution in [-0.2, 0) is 11.3 Å². The number of aromatic carboxylic acids is 1. The fourth-order valence-corrected chi connectivity index (χ4v) is 3.50. The Bertz CT molecular complexity index is 940. The lowest BCUT2D eigenvalue weighted by atomic mass is 9.91. The van der Waals surface area contributed by atoms with Gasteiger partial charge in [0.05, 0.1) is 20.3 Å². The molecule has 0 saturated carbocycles. The monoisotopic (exact) mass is 440 g/mol. The zero-order chi connectivity index (χ0) is 19.9. The number of rotatable bonds is 8. The third kappa shape index (κ3) is 5.00. The predicted octanol–water partition coefficient (Wildman–Crippen LogP) is 5.50. The van der Waals surface area contributed by atoms with Gasteiger partial charge in [0.25, 0.3) is 0 Å². The van der Waals surface area contributed by atoms with Crippen molar-refractivity contribution in [2.75, 3.05) is 13.7 Å². The Hall–Kier alpha value is -2.63. The second kappa shape index (κ2) is 9.53. The summed E-state index contributed by atoms with van der Waals surface area (Å²) in [5.41, 5.74) is 3.26. The van der Waals surface area contributed by atoms with E-state index in [1.165, 1.54) is 7.11 Å². The molecule has 1 unspecified atom stereocenters. The highest BCUT2D eigenvalue weighted by Crippen LogP contribution is 2.31. The Morgan fingerprint density at radius 3 is 2.43 bits per heavy atom. The van der Waals surface area contributed by atoms with Crippen LogP contribution in [0.15, 0.2) is 77.3 Å². The van der Waals surface area contributed by atoms with Gasteiger partial charge >= 0.3 is 5.97 Å². The number of halogens is 1. The van der Waals surface area contributed by atoms with E-state index in [4.69, 9.17) is 9.47 Å². The molecular weight excluding hydrogens is 420 g/mol. The molecule has 144 valence electrons. The summed E-state index contributed by atoms with van der Waals surface area (Å²) in [4.78, 5) is 11.4. The molecule has 0 aromatic heterocycles. The number of carboxylic acid groups (broad SMARTS) is 1. The number of carboxylic acids is 1. The van der Waals surface area contributed by atoms with Gasteiger partial charge in [-0.25, -0.2) is 4.79 Å². The van der Waals surface area contributed by atoms with Crippen LogP contribution < -0.4 is 4.74 Å². The van der Waals surface area contributed by atoms with Crippen LogP contribution in [0.1, 0.15) is 33.0 Å². The highest BCUT2D eigenvalue weighted by Gasteiger charge is 2.19. The van der Waals surface area contributed by atoms with Crippen molar-refractivity contribution in [2.45, 2.75) is 12.5 Å². The van der Waals surface area contributed by atoms with E-state index in [0.29, 0.717) is 19.0 Å². The first-order chi connectivity index (χ1) is 13.6. The Kier molecular flexibility index (Phi) is 6.85. The number of ether oxygens (including phenoxy) is 2. The lowest BCUT2D eigenvalue weighted by Crippen LogP contribution is -2.11. The van der Waals surface area contributed by atoms with Crippen molar-refractivity contribution in [1.82, 2.24) is 0 Å². The van der Waals surface area contributed by atoms with Crippen LogP contribution in [0.3, 0.4) is 0 Å². The predicted molar refractivity (Wildman–Crippen MR) is 112 cm³/mol. The second-order valence-corrected chi connectivity index (χ2v) is 7.29. The van der Waals surface area contributed by atoms with E-state index < -0.39 is 5.97 Å². The van der Waals surface area contributed by atoms with Gasteiger partial charge in [-0.15, -0.1) is 0 Å². The molecular formula is C23H21BrO4. The maximum absolute atomic E-state index is 11.4. The van der Waals surface area contributed by atoms with Crippen molar-refractivity contribution in [2.24, 2.45) is 0 Å². The largest absolute Gasteiger partial charge is 0.496 e. The van der Waals surface area contributed by atoms with Crippen LogP contribution in [-0.4, -0.2) is 24.8 Å². The zero-order valence-corrected chi connectivity index (χ0v) is 17.1. The third-order valence-corrected chi connectivity index (χ3v) is 5.00. The number of hydrogen-bond donors (Lipinski definition) is 1. The summed E-state index contributed by atoms with van der Waals surface area (Å²) in [5, 5.41) is 9.34. The zero-order valence-electron chi connectivity index (χ0n) is 15.5. The minimum absolute atomic E-state index is 0.0574. The van der Waals surface area contributed by atoms with Gasteiger partial charge in [-0.2, -0.15) is 0 Å². The third-order valence-electron chi connectivity index (χ3n) is 4.51. The molecule has 0 heterocycles. The van der Waals surface area contributed by atoms with E-state index in [-0.39, 0.29) is 11.5 Å². The second-order valence-electron chi connectivity index (χ2n) is 6.37. The van der Waals surface area contributed by atoms with Gasteiger partial charge in [-0.1, -0.05) is 64.5 Å². The van der Waals surface area contributed by atoms with Gasteiger partial charge in [-0.3, -0.25) is 0 Å². The topological polar surface area (TPSA) is 55.8 Å². The molecule has 0 fully saturated rings. The Labute approximate surface area is 172 Å². The van der Waals surface area contributed by atoms with E-state index in [2.05, 4.69) is 15.9 Å². The summed E-state index contributed by atoms with van der Waals surface area (Å²) in [6.07, 6.45) is 0. The van der Waals surface area contributed by atoms with Crippen LogP contribution in [0.2, 0.25) is 0 Å². The van der Waals surface area contributed by atoms with Crippen molar-refractivity contribution in [3.8, 4) is 5.75 Å². The average Bonchev–Trinajstić information content (AvgIpc) is 2.71. The molecule has 3 rings (SSSR count). The van der Waals surface area contributed by atoms with Gasteiger partial charge in [0.1, 0.15) is 11.3 Å². The van der Waals surface area contributed by atoms with E-state index in [9.17, 15) is 9.90 Å². The summed E-state index contributed by atoms with van der Waals surface area (Å²) < 4.78 is 12.3. The minimum atomic E-state index is -1.01. The first kappa shape index (κ1) is 20.1. The summed E-state index contributed by atoms with van der Waals surface area (Å²) >= 11 is 3.52. The molecule has 0 bridgehead atoms. The number of methoxy groups -OCH3 is 1. The molecule has 4 nitrogen and oxygen atoms in total. The number of carbonyl (C=O) groups is 1. The molecule has 3 aromatic rings. The Morgan fingerprint density at radius 2 is 1.75 bits per heavy atom. The normalized spacial score (nSPS) is 11.8. The smallest absolute Gasteiger partial charge is 0.339 e. The molecule has 0 aliphatic rings. The van der Waals surface area contributed by atoms with Crippen molar-refractivity contribution in [1.29, 1.82) is 0 Å². The summed E-state index contributed by atoms with van der Waals surface area (Å²) in [6.45, 7) is 0.969. The van der Waals surface area contributed by atoms with Gasteiger partial charge in [0.15, 0.2) is 0 Å². The summed E-state index contributed by atoms with van der Waals surface area (Å²) in [7, 11) is 1.48. The molecule has 0 radical (unpaired) electrons. The van der Waals surface area contributed by atoms with Crippen LogP contribution >= 0.6 is 15.9 Å². The van der Waals surface area contributed by atoms with E-state index >= 15 is 0 Å². The molecule has 3 aromatic carbocycles. The molecule has 5 heteroatoms.